The van der Waals surface area contributed by atoms with Gasteiger partial charge in [0.2, 0.25) is 0 Å². The van der Waals surface area contributed by atoms with Crippen LogP contribution in [0.25, 0.3) is 6.08 Å². The monoisotopic (exact) mass is 596 g/mol. The first-order valence-electron chi connectivity index (χ1n) is 14.5. The summed E-state index contributed by atoms with van der Waals surface area (Å²) in [6.45, 7) is 10.9. The Hall–Kier alpha value is -4.43. The molecule has 4 aromatic rings. The highest BCUT2D eigenvalue weighted by molar-refractivity contribution is 7.07. The maximum atomic E-state index is 14.0. The molecule has 1 aliphatic heterocycles. The summed E-state index contributed by atoms with van der Waals surface area (Å²) in [5, 5.41) is 0. The van der Waals surface area contributed by atoms with Crippen molar-refractivity contribution in [2.24, 2.45) is 4.99 Å². The summed E-state index contributed by atoms with van der Waals surface area (Å²) >= 11 is 1.29. The molecule has 0 fully saturated rings. The standard InChI is InChI=1S/C35H36N2O5S/c1-6-40-29-19-25(13-18-28(29)42-21-24-11-9-8-10-12-24)20-30-33(38)37-32(27-16-14-26(15-17-27)22(3)4)31(34(39)41-7-2)23(5)36-35(37)43-30/h8-20,22,32H,6-7,21H2,1-5H3/b30-20-/t32-/m1/s1. The number of nitrogens with zero attached hydrogens (tertiary/aromatic N) is 2. The Morgan fingerprint density at radius 3 is 2.40 bits per heavy atom. The predicted molar refractivity (Wildman–Crippen MR) is 169 cm³/mol. The van der Waals surface area contributed by atoms with Crippen LogP contribution in [0.4, 0.5) is 0 Å². The van der Waals surface area contributed by atoms with Gasteiger partial charge >= 0.3 is 5.97 Å². The second kappa shape index (κ2) is 13.3. The van der Waals surface area contributed by atoms with Gasteiger partial charge in [0.15, 0.2) is 16.3 Å². The van der Waals surface area contributed by atoms with Crippen LogP contribution >= 0.6 is 11.3 Å². The van der Waals surface area contributed by atoms with Crippen LogP contribution in [-0.2, 0) is 16.1 Å². The van der Waals surface area contributed by atoms with Crippen molar-refractivity contribution in [2.75, 3.05) is 13.2 Å². The average molecular weight is 597 g/mol. The number of hydrogen-bond acceptors (Lipinski definition) is 7. The molecule has 5 rings (SSSR count). The van der Waals surface area contributed by atoms with Crippen molar-refractivity contribution in [3.8, 4) is 11.5 Å². The number of aromatic nitrogens is 1. The van der Waals surface area contributed by atoms with E-state index in [4.69, 9.17) is 14.2 Å². The number of ether oxygens (including phenoxy) is 3. The molecule has 0 unspecified atom stereocenters. The molecule has 0 radical (unpaired) electrons. The van der Waals surface area contributed by atoms with Crippen molar-refractivity contribution >= 4 is 23.4 Å². The smallest absolute Gasteiger partial charge is 0.338 e. The van der Waals surface area contributed by atoms with Gasteiger partial charge in [-0.1, -0.05) is 85.8 Å². The van der Waals surface area contributed by atoms with Crippen LogP contribution in [0, 0.1) is 0 Å². The Morgan fingerprint density at radius 1 is 0.977 bits per heavy atom. The molecule has 3 aromatic carbocycles. The third-order valence-corrected chi connectivity index (χ3v) is 8.22. The van der Waals surface area contributed by atoms with Crippen molar-refractivity contribution < 1.29 is 19.0 Å². The Kier molecular flexibility index (Phi) is 9.26. The lowest BCUT2D eigenvalue weighted by Crippen LogP contribution is -2.39. The fourth-order valence-electron chi connectivity index (χ4n) is 5.06. The van der Waals surface area contributed by atoms with Crippen LogP contribution < -0.4 is 24.4 Å². The van der Waals surface area contributed by atoms with Crippen LogP contribution in [0.3, 0.4) is 0 Å². The normalized spacial score (nSPS) is 14.8. The van der Waals surface area contributed by atoms with Crippen LogP contribution in [0.15, 0.2) is 93.9 Å². The Morgan fingerprint density at radius 2 is 1.72 bits per heavy atom. The van der Waals surface area contributed by atoms with E-state index in [1.807, 2.05) is 85.8 Å². The SMILES string of the molecule is CCOC(=O)C1=C(C)N=c2s/c(=C\c3ccc(OCc4ccccc4)c(OCC)c3)c(=O)n2[C@@H]1c1ccc(C(C)C)cc1. The molecule has 0 N–H and O–H groups in total. The van der Waals surface area contributed by atoms with Gasteiger partial charge in [-0.2, -0.15) is 0 Å². The van der Waals surface area contributed by atoms with E-state index in [9.17, 15) is 9.59 Å². The molecule has 0 saturated heterocycles. The van der Waals surface area contributed by atoms with Gasteiger partial charge in [-0.05, 0) is 67.2 Å². The molecule has 7 nitrogen and oxygen atoms in total. The fourth-order valence-corrected chi connectivity index (χ4v) is 6.11. The van der Waals surface area contributed by atoms with Crippen molar-refractivity contribution in [3.63, 3.8) is 0 Å². The van der Waals surface area contributed by atoms with Crippen LogP contribution in [0.2, 0.25) is 0 Å². The largest absolute Gasteiger partial charge is 0.490 e. The lowest BCUT2D eigenvalue weighted by Gasteiger charge is -2.25. The van der Waals surface area contributed by atoms with Gasteiger partial charge in [-0.3, -0.25) is 9.36 Å². The second-order valence-electron chi connectivity index (χ2n) is 10.5. The lowest BCUT2D eigenvalue weighted by atomic mass is 9.93. The van der Waals surface area contributed by atoms with Crippen LogP contribution in [0.1, 0.15) is 68.8 Å². The molecule has 0 amide bonds. The highest BCUT2D eigenvalue weighted by atomic mass is 32.1. The molecule has 1 aromatic heterocycles. The molecule has 8 heteroatoms. The molecule has 0 bridgehead atoms. The number of rotatable bonds is 10. The average Bonchev–Trinajstić information content (AvgIpc) is 3.30. The molecule has 0 saturated carbocycles. The molecule has 222 valence electrons. The molecule has 2 heterocycles. The van der Waals surface area contributed by atoms with E-state index in [1.54, 1.807) is 18.4 Å². The van der Waals surface area contributed by atoms with E-state index in [0.717, 1.165) is 16.7 Å². The van der Waals surface area contributed by atoms with Gasteiger partial charge in [0.05, 0.1) is 35.1 Å². The molecule has 1 atom stereocenters. The first-order chi connectivity index (χ1) is 20.8. The van der Waals surface area contributed by atoms with E-state index in [1.165, 1.54) is 16.9 Å². The summed E-state index contributed by atoms with van der Waals surface area (Å²) < 4.78 is 19.5. The first-order valence-corrected chi connectivity index (χ1v) is 15.3. The summed E-state index contributed by atoms with van der Waals surface area (Å²) in [5.74, 6) is 1.12. The topological polar surface area (TPSA) is 79.1 Å². The van der Waals surface area contributed by atoms with Crippen molar-refractivity contribution in [1.82, 2.24) is 4.57 Å². The number of thiazole rings is 1. The van der Waals surface area contributed by atoms with Gasteiger partial charge in [-0.15, -0.1) is 0 Å². The highest BCUT2D eigenvalue weighted by Crippen LogP contribution is 2.32. The van der Waals surface area contributed by atoms with Crippen molar-refractivity contribution in [2.45, 2.75) is 53.2 Å². The van der Waals surface area contributed by atoms with Gasteiger partial charge < -0.3 is 14.2 Å². The molecule has 0 aliphatic carbocycles. The molecule has 43 heavy (non-hydrogen) atoms. The number of fused-ring (bicyclic) bond motifs is 1. The summed E-state index contributed by atoms with van der Waals surface area (Å²) in [7, 11) is 0. The van der Waals surface area contributed by atoms with E-state index in [-0.39, 0.29) is 12.2 Å². The molecular formula is C35H36N2O5S. The summed E-state index contributed by atoms with van der Waals surface area (Å²) in [5.41, 5.74) is 4.54. The third-order valence-electron chi connectivity index (χ3n) is 7.24. The third kappa shape index (κ3) is 6.49. The van der Waals surface area contributed by atoms with E-state index in [2.05, 4.69) is 18.8 Å². The Bertz CT molecular complexity index is 1820. The van der Waals surface area contributed by atoms with Crippen molar-refractivity contribution in [3.05, 3.63) is 126 Å². The second-order valence-corrected chi connectivity index (χ2v) is 11.5. The van der Waals surface area contributed by atoms with Gasteiger partial charge in [-0.25, -0.2) is 9.79 Å². The number of esters is 1. The highest BCUT2D eigenvalue weighted by Gasteiger charge is 2.33. The number of hydrogen-bond donors (Lipinski definition) is 0. The van der Waals surface area contributed by atoms with Gasteiger partial charge in [0, 0.05) is 0 Å². The maximum Gasteiger partial charge on any atom is 0.338 e. The summed E-state index contributed by atoms with van der Waals surface area (Å²) in [6.07, 6.45) is 1.83. The van der Waals surface area contributed by atoms with Crippen molar-refractivity contribution in [1.29, 1.82) is 0 Å². The number of carbonyl (C=O) groups excluding carboxylic acids is 1. The first kappa shape index (κ1) is 30.0. The van der Waals surface area contributed by atoms with E-state index < -0.39 is 12.0 Å². The zero-order chi connectivity index (χ0) is 30.5. The lowest BCUT2D eigenvalue weighted by molar-refractivity contribution is -0.139. The molecular weight excluding hydrogens is 560 g/mol. The van der Waals surface area contributed by atoms with E-state index >= 15 is 0 Å². The quantitative estimate of drug-likeness (QED) is 0.213. The number of benzene rings is 3. The maximum absolute atomic E-state index is 14.0. The van der Waals surface area contributed by atoms with Crippen LogP contribution in [0.5, 0.6) is 11.5 Å². The summed E-state index contributed by atoms with van der Waals surface area (Å²) in [6, 6.07) is 23.0. The van der Waals surface area contributed by atoms with Gasteiger partial charge in [0.1, 0.15) is 6.61 Å². The van der Waals surface area contributed by atoms with Gasteiger partial charge in [0.25, 0.3) is 5.56 Å². The minimum Gasteiger partial charge on any atom is -0.490 e. The minimum absolute atomic E-state index is 0.224. The fraction of sp³-hybridized carbons (Fsp3) is 0.286. The Balaban J connectivity index is 1.56. The predicted octanol–water partition coefficient (Wildman–Crippen LogP) is 5.90. The zero-order valence-corrected chi connectivity index (χ0v) is 25.9. The number of carbonyl (C=O) groups is 1. The van der Waals surface area contributed by atoms with Crippen LogP contribution in [-0.4, -0.2) is 23.8 Å². The van der Waals surface area contributed by atoms with E-state index in [0.29, 0.717) is 51.2 Å². The molecule has 1 aliphatic rings. The number of allylic oxidation sites excluding steroid dienone is 1. The zero-order valence-electron chi connectivity index (χ0n) is 25.1. The summed E-state index contributed by atoms with van der Waals surface area (Å²) in [4.78, 5) is 32.4. The molecule has 0 spiro atoms. The Labute approximate surface area is 255 Å². The minimum atomic E-state index is -0.647.